The average Bonchev–Trinajstić information content (AvgIpc) is 1.78. The van der Waals surface area contributed by atoms with E-state index in [2.05, 4.69) is 20.8 Å². The van der Waals surface area contributed by atoms with E-state index in [1.165, 1.54) is 0 Å². The van der Waals surface area contributed by atoms with Gasteiger partial charge in [-0.2, -0.15) is 0 Å². The van der Waals surface area contributed by atoms with Crippen LogP contribution in [0.4, 0.5) is 0 Å². The molecule has 0 saturated heterocycles. The highest BCUT2D eigenvalue weighted by Gasteiger charge is 2.28. The summed E-state index contributed by atoms with van der Waals surface area (Å²) >= 11 is 0. The molecule has 0 aliphatic carbocycles. The molecule has 2 heteroatoms. The van der Waals surface area contributed by atoms with Crippen molar-refractivity contribution in [2.45, 2.75) is 52.7 Å². The molecule has 0 spiro atoms. The van der Waals surface area contributed by atoms with Crippen molar-refractivity contribution < 1.29 is 4.74 Å². The Hall–Kier alpha value is -0.0800. The number of methoxy groups -OCH3 is 1. The van der Waals surface area contributed by atoms with Crippen LogP contribution in [0.3, 0.4) is 0 Å². The molecule has 2 N–H and O–H groups in total. The number of ether oxygens (including phenoxy) is 1. The van der Waals surface area contributed by atoms with Gasteiger partial charge in [0.05, 0.1) is 6.10 Å². The van der Waals surface area contributed by atoms with Crippen LogP contribution < -0.4 is 5.73 Å². The first-order valence-corrected chi connectivity index (χ1v) is 4.48. The number of rotatable bonds is 3. The smallest absolute Gasteiger partial charge is 0.0636 e. The highest BCUT2D eigenvalue weighted by Crippen LogP contribution is 2.27. The first-order chi connectivity index (χ1) is 5.17. The Labute approximate surface area is 76.5 Å². The Morgan fingerprint density at radius 2 is 1.58 bits per heavy atom. The van der Waals surface area contributed by atoms with Gasteiger partial charge >= 0.3 is 0 Å². The number of nitrogens with two attached hydrogens (primary N) is 1. The highest BCUT2D eigenvalue weighted by atomic mass is 16.5. The van der Waals surface area contributed by atoms with Crippen molar-refractivity contribution in [3.8, 4) is 0 Å². The lowest BCUT2D eigenvalue weighted by Crippen LogP contribution is -2.41. The van der Waals surface area contributed by atoms with E-state index in [1.807, 2.05) is 13.8 Å². The SMILES string of the molecule is COC(CC(C)(C)N)C(C)(C)C. The standard InChI is InChI=1S/C10H23NO/c1-9(2,3)8(12-6)7-10(4,5)11/h8H,7,11H2,1-6H3. The summed E-state index contributed by atoms with van der Waals surface area (Å²) in [5, 5.41) is 0. The zero-order valence-corrected chi connectivity index (χ0v) is 9.27. The van der Waals surface area contributed by atoms with Crippen molar-refractivity contribution in [1.29, 1.82) is 0 Å². The van der Waals surface area contributed by atoms with Gasteiger partial charge < -0.3 is 10.5 Å². The fourth-order valence-electron chi connectivity index (χ4n) is 1.22. The first-order valence-electron chi connectivity index (χ1n) is 4.48. The van der Waals surface area contributed by atoms with Crippen LogP contribution in [0.25, 0.3) is 0 Å². The molecule has 2 nitrogen and oxygen atoms in total. The lowest BCUT2D eigenvalue weighted by Gasteiger charge is -2.34. The van der Waals surface area contributed by atoms with Crippen molar-refractivity contribution in [1.82, 2.24) is 0 Å². The molecule has 0 aliphatic heterocycles. The largest absolute Gasteiger partial charge is 0.381 e. The fraction of sp³-hybridized carbons (Fsp3) is 1.00. The summed E-state index contributed by atoms with van der Waals surface area (Å²) in [6.45, 7) is 10.6. The van der Waals surface area contributed by atoms with Crippen LogP contribution >= 0.6 is 0 Å². The fourth-order valence-corrected chi connectivity index (χ4v) is 1.22. The van der Waals surface area contributed by atoms with E-state index in [1.54, 1.807) is 7.11 Å². The second kappa shape index (κ2) is 3.75. The van der Waals surface area contributed by atoms with Gasteiger partial charge in [-0.1, -0.05) is 20.8 Å². The molecule has 0 aromatic carbocycles. The summed E-state index contributed by atoms with van der Waals surface area (Å²) in [5.74, 6) is 0. The highest BCUT2D eigenvalue weighted by molar-refractivity contribution is 4.83. The molecule has 0 amide bonds. The second-order valence-corrected chi connectivity index (χ2v) is 5.28. The van der Waals surface area contributed by atoms with Crippen LogP contribution in [0, 0.1) is 5.41 Å². The zero-order valence-electron chi connectivity index (χ0n) is 9.27. The summed E-state index contributed by atoms with van der Waals surface area (Å²) in [6.07, 6.45) is 1.13. The Morgan fingerprint density at radius 1 is 1.17 bits per heavy atom. The first kappa shape index (κ1) is 11.9. The molecule has 0 saturated carbocycles. The zero-order chi connectivity index (χ0) is 9.99. The molecule has 0 fully saturated rings. The van der Waals surface area contributed by atoms with Gasteiger partial charge in [-0.15, -0.1) is 0 Å². The van der Waals surface area contributed by atoms with E-state index < -0.39 is 0 Å². The lowest BCUT2D eigenvalue weighted by atomic mass is 9.82. The van der Waals surface area contributed by atoms with E-state index in [4.69, 9.17) is 10.5 Å². The van der Waals surface area contributed by atoms with Gasteiger partial charge in [-0.3, -0.25) is 0 Å². The van der Waals surface area contributed by atoms with Gasteiger partial charge in [0, 0.05) is 12.6 Å². The van der Waals surface area contributed by atoms with E-state index in [0.717, 1.165) is 6.42 Å². The third-order valence-electron chi connectivity index (χ3n) is 1.96. The third kappa shape index (κ3) is 4.73. The minimum atomic E-state index is -0.145. The minimum Gasteiger partial charge on any atom is -0.381 e. The Balaban J connectivity index is 4.20. The molecule has 1 atom stereocenters. The third-order valence-corrected chi connectivity index (χ3v) is 1.96. The molecule has 0 rings (SSSR count). The minimum absolute atomic E-state index is 0.145. The predicted molar refractivity (Wildman–Crippen MR) is 53.1 cm³/mol. The molecule has 1 unspecified atom stereocenters. The van der Waals surface area contributed by atoms with Crippen molar-refractivity contribution in [3.63, 3.8) is 0 Å². The van der Waals surface area contributed by atoms with Crippen LogP contribution in [-0.2, 0) is 4.74 Å². The molecule has 0 radical (unpaired) electrons. The van der Waals surface area contributed by atoms with Crippen LogP contribution in [0.2, 0.25) is 0 Å². The summed E-state index contributed by atoms with van der Waals surface area (Å²) in [4.78, 5) is 0. The van der Waals surface area contributed by atoms with Crippen molar-refractivity contribution in [3.05, 3.63) is 0 Å². The van der Waals surface area contributed by atoms with Crippen LogP contribution in [0.1, 0.15) is 41.0 Å². The average molecular weight is 173 g/mol. The molecule has 0 aromatic rings. The maximum atomic E-state index is 5.93. The molecule has 74 valence electrons. The molecule has 0 aliphatic rings. The quantitative estimate of drug-likeness (QED) is 0.710. The maximum absolute atomic E-state index is 5.93. The van der Waals surface area contributed by atoms with Gasteiger partial charge in [0.15, 0.2) is 0 Å². The van der Waals surface area contributed by atoms with E-state index in [-0.39, 0.29) is 17.1 Å². The second-order valence-electron chi connectivity index (χ2n) is 5.28. The van der Waals surface area contributed by atoms with E-state index in [9.17, 15) is 0 Å². The van der Waals surface area contributed by atoms with Gasteiger partial charge in [-0.05, 0) is 25.7 Å². The van der Waals surface area contributed by atoms with Crippen LogP contribution in [0.15, 0.2) is 0 Å². The van der Waals surface area contributed by atoms with E-state index >= 15 is 0 Å². The van der Waals surface area contributed by atoms with Crippen LogP contribution in [-0.4, -0.2) is 18.8 Å². The molecule has 0 bridgehead atoms. The maximum Gasteiger partial charge on any atom is 0.0636 e. The Bertz CT molecular complexity index is 130. The van der Waals surface area contributed by atoms with Crippen molar-refractivity contribution in [2.75, 3.05) is 7.11 Å². The van der Waals surface area contributed by atoms with Crippen LogP contribution in [0.5, 0.6) is 0 Å². The van der Waals surface area contributed by atoms with Crippen molar-refractivity contribution >= 4 is 0 Å². The number of hydrogen-bond donors (Lipinski definition) is 1. The normalized spacial score (nSPS) is 16.2. The van der Waals surface area contributed by atoms with Gasteiger partial charge in [0.25, 0.3) is 0 Å². The summed E-state index contributed by atoms with van der Waals surface area (Å²) in [6, 6.07) is 0. The van der Waals surface area contributed by atoms with E-state index in [0.29, 0.717) is 0 Å². The molecule has 12 heavy (non-hydrogen) atoms. The van der Waals surface area contributed by atoms with Gasteiger partial charge in [0.2, 0.25) is 0 Å². The Kier molecular flexibility index (Phi) is 3.73. The van der Waals surface area contributed by atoms with Crippen molar-refractivity contribution in [2.24, 2.45) is 11.1 Å². The monoisotopic (exact) mass is 173 g/mol. The summed E-state index contributed by atoms with van der Waals surface area (Å²) in [5.41, 5.74) is 5.96. The van der Waals surface area contributed by atoms with Gasteiger partial charge in [0.1, 0.15) is 0 Å². The molecular formula is C10H23NO. The summed E-state index contributed by atoms with van der Waals surface area (Å²) in [7, 11) is 1.75. The molecular weight excluding hydrogens is 150 g/mol. The Morgan fingerprint density at radius 3 is 1.67 bits per heavy atom. The lowest BCUT2D eigenvalue weighted by molar-refractivity contribution is -0.00126. The topological polar surface area (TPSA) is 35.2 Å². The molecule has 0 heterocycles. The number of hydrogen-bond acceptors (Lipinski definition) is 2. The van der Waals surface area contributed by atoms with Gasteiger partial charge in [-0.25, -0.2) is 0 Å². The summed E-state index contributed by atoms with van der Waals surface area (Å²) < 4.78 is 5.41. The predicted octanol–water partition coefficient (Wildman–Crippen LogP) is 2.17. The molecule has 0 aromatic heterocycles.